The van der Waals surface area contributed by atoms with Crippen LogP contribution in [0.1, 0.15) is 35.7 Å². The number of hydrogen-bond donors (Lipinski definition) is 1. The van der Waals surface area contributed by atoms with Gasteiger partial charge in [0.25, 0.3) is 5.91 Å². The fourth-order valence-electron chi connectivity index (χ4n) is 3.61. The van der Waals surface area contributed by atoms with Crippen molar-refractivity contribution < 1.29 is 14.3 Å². The molecule has 0 bridgehead atoms. The van der Waals surface area contributed by atoms with Gasteiger partial charge < -0.3 is 9.64 Å². The summed E-state index contributed by atoms with van der Waals surface area (Å²) in [6.07, 6.45) is 3.05. The number of carbonyl (C=O) groups is 2. The van der Waals surface area contributed by atoms with Crippen LogP contribution < -0.4 is 10.2 Å². The van der Waals surface area contributed by atoms with E-state index in [4.69, 9.17) is 0 Å². The second-order valence-electron chi connectivity index (χ2n) is 8.09. The summed E-state index contributed by atoms with van der Waals surface area (Å²) in [5, 5.41) is 2.63. The molecule has 7 nitrogen and oxygen atoms in total. The molecule has 0 atom stereocenters. The Kier molecular flexibility index (Phi) is 6.13. The summed E-state index contributed by atoms with van der Waals surface area (Å²) in [7, 11) is 3.10. The molecular formula is C26H26N4O3. The molecule has 2 aromatic heterocycles. The number of anilines is 2. The Morgan fingerprint density at radius 2 is 1.70 bits per heavy atom. The molecule has 4 aromatic rings. The van der Waals surface area contributed by atoms with E-state index in [0.717, 1.165) is 22.6 Å². The minimum Gasteiger partial charge on any atom is -0.453 e. The van der Waals surface area contributed by atoms with Crippen LogP contribution in [0.4, 0.5) is 16.2 Å². The van der Waals surface area contributed by atoms with Crippen molar-refractivity contribution in [1.29, 1.82) is 0 Å². The van der Waals surface area contributed by atoms with E-state index in [1.54, 1.807) is 42.5 Å². The molecule has 7 heteroatoms. The SMILES string of the molecule is COC(=O)Nc1ccc(-c2cnc3ccc(C(=O)N(C)c4ccc(C(C)C)cc4)cn23)cc1. The van der Waals surface area contributed by atoms with Gasteiger partial charge in [-0.2, -0.15) is 0 Å². The lowest BCUT2D eigenvalue weighted by Crippen LogP contribution is -2.26. The van der Waals surface area contributed by atoms with Gasteiger partial charge in [-0.05, 0) is 47.9 Å². The third-order valence-electron chi connectivity index (χ3n) is 5.62. The third-order valence-corrected chi connectivity index (χ3v) is 5.62. The number of amides is 2. The first-order valence-corrected chi connectivity index (χ1v) is 10.7. The normalized spacial score (nSPS) is 10.9. The molecule has 1 N–H and O–H groups in total. The predicted molar refractivity (Wildman–Crippen MR) is 130 cm³/mol. The lowest BCUT2D eigenvalue weighted by atomic mass is 10.0. The fraction of sp³-hybridized carbons (Fsp3) is 0.192. The molecule has 2 aromatic carbocycles. The summed E-state index contributed by atoms with van der Waals surface area (Å²) in [4.78, 5) is 30.7. The van der Waals surface area contributed by atoms with Crippen molar-refractivity contribution in [1.82, 2.24) is 9.38 Å². The van der Waals surface area contributed by atoms with Gasteiger partial charge >= 0.3 is 6.09 Å². The summed E-state index contributed by atoms with van der Waals surface area (Å²) < 4.78 is 6.51. The van der Waals surface area contributed by atoms with Crippen molar-refractivity contribution in [2.45, 2.75) is 19.8 Å². The number of methoxy groups -OCH3 is 1. The molecular weight excluding hydrogens is 416 g/mol. The maximum atomic E-state index is 13.2. The zero-order valence-corrected chi connectivity index (χ0v) is 19.1. The monoisotopic (exact) mass is 442 g/mol. The smallest absolute Gasteiger partial charge is 0.411 e. The van der Waals surface area contributed by atoms with E-state index in [0.29, 0.717) is 17.2 Å². The number of rotatable bonds is 5. The van der Waals surface area contributed by atoms with Crippen LogP contribution in [0.3, 0.4) is 0 Å². The number of hydrogen-bond acceptors (Lipinski definition) is 4. The molecule has 2 heterocycles. The Bertz CT molecular complexity index is 1290. The van der Waals surface area contributed by atoms with Gasteiger partial charge in [-0.25, -0.2) is 9.78 Å². The van der Waals surface area contributed by atoms with Gasteiger partial charge in [0.05, 0.1) is 24.6 Å². The quantitative estimate of drug-likeness (QED) is 0.438. The predicted octanol–water partition coefficient (Wildman–Crippen LogP) is 5.58. The summed E-state index contributed by atoms with van der Waals surface area (Å²) in [5.74, 6) is 0.332. The van der Waals surface area contributed by atoms with Crippen molar-refractivity contribution in [3.63, 3.8) is 0 Å². The summed E-state index contributed by atoms with van der Waals surface area (Å²) in [6, 6.07) is 19.0. The number of ether oxygens (including phenoxy) is 1. The van der Waals surface area contributed by atoms with Crippen LogP contribution in [-0.4, -0.2) is 35.5 Å². The van der Waals surface area contributed by atoms with Crippen LogP contribution in [0, 0.1) is 0 Å². The first kappa shape index (κ1) is 22.1. The van der Waals surface area contributed by atoms with E-state index in [-0.39, 0.29) is 5.91 Å². The molecule has 4 rings (SSSR count). The van der Waals surface area contributed by atoms with Gasteiger partial charge in [0.2, 0.25) is 0 Å². The highest BCUT2D eigenvalue weighted by molar-refractivity contribution is 6.05. The Balaban J connectivity index is 1.61. The number of imidazole rings is 1. The van der Waals surface area contributed by atoms with Crippen LogP contribution in [0.25, 0.3) is 16.9 Å². The summed E-state index contributed by atoms with van der Waals surface area (Å²) in [6.45, 7) is 4.29. The average Bonchev–Trinajstić information content (AvgIpc) is 3.26. The number of aromatic nitrogens is 2. The first-order chi connectivity index (χ1) is 15.9. The zero-order chi connectivity index (χ0) is 23.5. The first-order valence-electron chi connectivity index (χ1n) is 10.7. The molecule has 0 saturated heterocycles. The highest BCUT2D eigenvalue weighted by Crippen LogP contribution is 2.25. The molecule has 0 aliphatic heterocycles. The fourth-order valence-corrected chi connectivity index (χ4v) is 3.61. The third kappa shape index (κ3) is 4.57. The molecule has 0 aliphatic carbocycles. The van der Waals surface area contributed by atoms with E-state index < -0.39 is 6.09 Å². The van der Waals surface area contributed by atoms with Gasteiger partial charge in [0, 0.05) is 30.2 Å². The van der Waals surface area contributed by atoms with Crippen molar-refractivity contribution >= 4 is 29.0 Å². The molecule has 0 fully saturated rings. The number of benzene rings is 2. The Morgan fingerprint density at radius 1 is 1.00 bits per heavy atom. The number of fused-ring (bicyclic) bond motifs is 1. The lowest BCUT2D eigenvalue weighted by molar-refractivity contribution is 0.0992. The van der Waals surface area contributed by atoms with E-state index in [1.807, 2.05) is 34.7 Å². The minimum atomic E-state index is -0.524. The van der Waals surface area contributed by atoms with Gasteiger partial charge in [-0.1, -0.05) is 38.1 Å². The Hall–Kier alpha value is -4.13. The molecule has 0 saturated carbocycles. The largest absolute Gasteiger partial charge is 0.453 e. The molecule has 2 amide bonds. The topological polar surface area (TPSA) is 75.9 Å². The second kappa shape index (κ2) is 9.16. The second-order valence-corrected chi connectivity index (χ2v) is 8.09. The molecule has 0 radical (unpaired) electrons. The lowest BCUT2D eigenvalue weighted by Gasteiger charge is -2.18. The van der Waals surface area contributed by atoms with E-state index in [9.17, 15) is 9.59 Å². The van der Waals surface area contributed by atoms with Crippen LogP contribution in [0.2, 0.25) is 0 Å². The van der Waals surface area contributed by atoms with Crippen LogP contribution >= 0.6 is 0 Å². The zero-order valence-electron chi connectivity index (χ0n) is 19.1. The van der Waals surface area contributed by atoms with Gasteiger partial charge in [-0.15, -0.1) is 0 Å². The van der Waals surface area contributed by atoms with E-state index in [1.165, 1.54) is 12.7 Å². The average molecular weight is 443 g/mol. The van der Waals surface area contributed by atoms with Crippen LogP contribution in [0.5, 0.6) is 0 Å². The van der Waals surface area contributed by atoms with Crippen molar-refractivity contribution in [3.05, 3.63) is 84.2 Å². The molecule has 0 aliphatic rings. The number of carbonyl (C=O) groups excluding carboxylic acids is 2. The highest BCUT2D eigenvalue weighted by atomic mass is 16.5. The standard InChI is InChI=1S/C26H26N4O3/c1-17(2)18-7-12-22(13-8-18)29(3)25(31)20-9-14-24-27-15-23(30(24)16-20)19-5-10-21(11-6-19)28-26(32)33-4/h5-17H,1-4H3,(H,28,32). The molecule has 0 spiro atoms. The molecule has 0 unspecified atom stereocenters. The van der Waals surface area contributed by atoms with E-state index in [2.05, 4.69) is 41.0 Å². The number of nitrogens with zero attached hydrogens (tertiary/aromatic N) is 3. The van der Waals surface area contributed by atoms with Crippen molar-refractivity contribution in [3.8, 4) is 11.3 Å². The number of pyridine rings is 1. The maximum Gasteiger partial charge on any atom is 0.411 e. The summed E-state index contributed by atoms with van der Waals surface area (Å²) in [5.41, 5.74) is 5.73. The minimum absolute atomic E-state index is 0.105. The van der Waals surface area contributed by atoms with Crippen LogP contribution in [-0.2, 0) is 4.74 Å². The maximum absolute atomic E-state index is 13.2. The van der Waals surface area contributed by atoms with Gasteiger partial charge in [-0.3, -0.25) is 14.5 Å². The van der Waals surface area contributed by atoms with Crippen molar-refractivity contribution in [2.75, 3.05) is 24.4 Å². The van der Waals surface area contributed by atoms with E-state index >= 15 is 0 Å². The van der Waals surface area contributed by atoms with Gasteiger partial charge in [0.1, 0.15) is 5.65 Å². The molecule has 168 valence electrons. The Morgan fingerprint density at radius 3 is 2.33 bits per heavy atom. The Labute approximate surface area is 192 Å². The van der Waals surface area contributed by atoms with Gasteiger partial charge in [0.15, 0.2) is 0 Å². The number of nitrogens with one attached hydrogen (secondary N) is 1. The molecule has 33 heavy (non-hydrogen) atoms. The van der Waals surface area contributed by atoms with Crippen LogP contribution in [0.15, 0.2) is 73.1 Å². The summed E-state index contributed by atoms with van der Waals surface area (Å²) >= 11 is 0. The van der Waals surface area contributed by atoms with Crippen molar-refractivity contribution in [2.24, 2.45) is 0 Å². The highest BCUT2D eigenvalue weighted by Gasteiger charge is 2.16.